The predicted octanol–water partition coefficient (Wildman–Crippen LogP) is -3.62. The van der Waals surface area contributed by atoms with Gasteiger partial charge < -0.3 is 30.2 Å². The number of carbonyl (C=O) groups excluding carboxylic acids is 6. The summed E-state index contributed by atoms with van der Waals surface area (Å²) in [4.78, 5) is 111. The highest BCUT2D eigenvalue weighted by atomic mass is 16.5. The molecular formula is C24H36N6O12. The fraction of sp³-hybridized carbons (Fsp3) is 0.625. The summed E-state index contributed by atoms with van der Waals surface area (Å²) < 4.78 is 15.3. The highest BCUT2D eigenvalue weighted by Crippen LogP contribution is 1.94. The summed E-state index contributed by atoms with van der Waals surface area (Å²) in [5.74, 6) is -4.31. The fourth-order valence-corrected chi connectivity index (χ4v) is 3.54. The summed E-state index contributed by atoms with van der Waals surface area (Å²) in [6.07, 6.45) is -1.37. The van der Waals surface area contributed by atoms with Gasteiger partial charge in [0.1, 0.15) is 18.1 Å². The maximum atomic E-state index is 13.1. The second-order valence-corrected chi connectivity index (χ2v) is 8.99. The van der Waals surface area contributed by atoms with Crippen LogP contribution in [0.4, 0.5) is 0 Å². The second kappa shape index (κ2) is 16.5. The summed E-state index contributed by atoms with van der Waals surface area (Å²) in [5.41, 5.74) is -3.40. The minimum atomic E-state index is -1.13. The van der Waals surface area contributed by atoms with Gasteiger partial charge in [-0.25, -0.2) is 42.5 Å². The monoisotopic (exact) mass is 600 g/mol. The van der Waals surface area contributed by atoms with E-state index in [4.69, 9.17) is 0 Å². The van der Waals surface area contributed by atoms with Crippen molar-refractivity contribution in [3.05, 3.63) is 31.5 Å². The molecule has 0 saturated carbocycles. The Balaban J connectivity index is 3.30. The van der Waals surface area contributed by atoms with Gasteiger partial charge in [0.25, 0.3) is 0 Å². The van der Waals surface area contributed by atoms with E-state index in [-0.39, 0.29) is 0 Å². The summed E-state index contributed by atoms with van der Waals surface area (Å²) >= 11 is 0. The van der Waals surface area contributed by atoms with E-state index in [0.717, 1.165) is 21.3 Å². The topological polar surface area (TPSA) is 232 Å². The zero-order valence-corrected chi connectivity index (χ0v) is 24.2. The molecule has 1 rings (SSSR count). The largest absolute Gasteiger partial charge is 0.467 e. The molecule has 0 bridgehead atoms. The Hall–Kier alpha value is -4.77. The minimum Gasteiger partial charge on any atom is -0.467 e. The van der Waals surface area contributed by atoms with Crippen LogP contribution in [-0.4, -0.2) is 88.8 Å². The van der Waals surface area contributed by atoms with Crippen molar-refractivity contribution in [3.63, 3.8) is 0 Å². The van der Waals surface area contributed by atoms with Crippen LogP contribution in [0.15, 0.2) is 14.4 Å². The molecule has 3 N–H and O–H groups in total. The van der Waals surface area contributed by atoms with Crippen molar-refractivity contribution in [2.24, 2.45) is 0 Å². The van der Waals surface area contributed by atoms with Crippen molar-refractivity contribution < 1.29 is 43.0 Å². The quantitative estimate of drug-likeness (QED) is 0.131. The molecule has 0 radical (unpaired) electrons. The normalized spacial score (nSPS) is 12.7. The molecule has 1 aromatic heterocycles. The van der Waals surface area contributed by atoms with E-state index in [1.165, 1.54) is 20.8 Å². The van der Waals surface area contributed by atoms with Gasteiger partial charge in [0.2, 0.25) is 17.7 Å². The molecule has 3 amide bonds. The van der Waals surface area contributed by atoms with Gasteiger partial charge in [0, 0.05) is 38.9 Å². The van der Waals surface area contributed by atoms with Crippen LogP contribution in [0.5, 0.6) is 0 Å². The number of hydrogen-bond donors (Lipinski definition) is 3. The lowest BCUT2D eigenvalue weighted by Crippen LogP contribution is -2.55. The number of methoxy groups -OCH3 is 3. The molecule has 1 aromatic rings. The highest BCUT2D eigenvalue weighted by molar-refractivity contribution is 5.85. The van der Waals surface area contributed by atoms with E-state index in [2.05, 4.69) is 30.2 Å². The molecule has 0 saturated heterocycles. The first kappa shape index (κ1) is 35.3. The van der Waals surface area contributed by atoms with Crippen LogP contribution in [0.25, 0.3) is 0 Å². The molecule has 234 valence electrons. The Morgan fingerprint density at radius 2 is 0.738 bits per heavy atom. The van der Waals surface area contributed by atoms with Gasteiger partial charge >= 0.3 is 35.0 Å². The Morgan fingerprint density at radius 3 is 0.929 bits per heavy atom. The van der Waals surface area contributed by atoms with E-state index in [0.29, 0.717) is 13.7 Å². The van der Waals surface area contributed by atoms with Crippen LogP contribution in [0.1, 0.15) is 40.0 Å². The molecule has 0 unspecified atom stereocenters. The van der Waals surface area contributed by atoms with Crippen molar-refractivity contribution in [2.75, 3.05) is 21.3 Å². The van der Waals surface area contributed by atoms with Crippen LogP contribution >= 0.6 is 0 Å². The number of esters is 3. The van der Waals surface area contributed by atoms with Crippen molar-refractivity contribution in [1.29, 1.82) is 0 Å². The van der Waals surface area contributed by atoms with E-state index in [1.807, 2.05) is 0 Å². The first-order valence-electron chi connectivity index (χ1n) is 12.7. The number of aromatic nitrogens is 3. The third-order valence-corrected chi connectivity index (χ3v) is 5.87. The minimum absolute atomic E-state index is 0.455. The number of hydrogen-bond acceptors (Lipinski definition) is 12. The van der Waals surface area contributed by atoms with Gasteiger partial charge in [-0.05, 0) is 20.8 Å². The SMILES string of the molecule is COC(=O)[C@H](C)NC(=O)CCn1c(=O)n(CCC(=O)N[C@@H](C)C(=O)OC)c(=O)n(CCC(=O)N[C@@H](C)C(=O)OC)c1=O. The lowest BCUT2D eigenvalue weighted by molar-refractivity contribution is -0.144. The van der Waals surface area contributed by atoms with Gasteiger partial charge in [0.05, 0.1) is 21.3 Å². The third kappa shape index (κ3) is 10.0. The molecule has 0 fully saturated rings. The zero-order chi connectivity index (χ0) is 32.1. The molecule has 0 aliphatic rings. The van der Waals surface area contributed by atoms with Crippen molar-refractivity contribution >= 4 is 35.6 Å². The molecule has 18 nitrogen and oxygen atoms in total. The molecule has 0 aliphatic heterocycles. The molecule has 3 atom stereocenters. The first-order valence-corrected chi connectivity index (χ1v) is 12.7. The van der Waals surface area contributed by atoms with E-state index < -0.39 is 110 Å². The smallest absolute Gasteiger partial charge is 0.336 e. The lowest BCUT2D eigenvalue weighted by atomic mass is 10.3. The standard InChI is InChI=1S/C24H36N6O12/c1-13(19(34)40-4)25-16(31)7-10-28-22(37)29(11-8-17(32)26-14(2)20(35)41-5)24(39)30(23(28)38)12-9-18(33)27-15(3)21(36)42-6/h13-15H,7-12H2,1-6H3,(H,25,31)(H,26,32)(H,27,33)/t13-,14-,15-/m0/s1. The zero-order valence-electron chi connectivity index (χ0n) is 24.2. The van der Waals surface area contributed by atoms with Crippen LogP contribution in [0.3, 0.4) is 0 Å². The van der Waals surface area contributed by atoms with Crippen LogP contribution < -0.4 is 33.0 Å². The summed E-state index contributed by atoms with van der Waals surface area (Å²) in [5, 5.41) is 7.01. The van der Waals surface area contributed by atoms with E-state index in [1.54, 1.807) is 0 Å². The van der Waals surface area contributed by atoms with Crippen LogP contribution in [0, 0.1) is 0 Å². The van der Waals surface area contributed by atoms with Crippen molar-refractivity contribution in [1.82, 2.24) is 29.7 Å². The maximum absolute atomic E-state index is 13.1. The fourth-order valence-electron chi connectivity index (χ4n) is 3.54. The predicted molar refractivity (Wildman–Crippen MR) is 142 cm³/mol. The van der Waals surface area contributed by atoms with Crippen LogP contribution in [0.2, 0.25) is 0 Å². The summed E-state index contributed by atoms with van der Waals surface area (Å²) in [7, 11) is 3.38. The Bertz CT molecular complexity index is 1170. The van der Waals surface area contributed by atoms with E-state index >= 15 is 0 Å². The molecule has 18 heteroatoms. The number of amides is 3. The van der Waals surface area contributed by atoms with Crippen LogP contribution in [-0.2, 0) is 62.6 Å². The number of nitrogens with one attached hydrogen (secondary N) is 3. The summed E-state index contributed by atoms with van der Waals surface area (Å²) in [6.45, 7) is 2.53. The molecule has 0 spiro atoms. The molecule has 1 heterocycles. The third-order valence-electron chi connectivity index (χ3n) is 5.87. The average molecular weight is 601 g/mol. The van der Waals surface area contributed by atoms with Gasteiger partial charge in [0.15, 0.2) is 0 Å². The van der Waals surface area contributed by atoms with E-state index in [9.17, 15) is 43.2 Å². The van der Waals surface area contributed by atoms with Gasteiger partial charge in [-0.15, -0.1) is 0 Å². The molecule has 0 aromatic carbocycles. The van der Waals surface area contributed by atoms with Gasteiger partial charge in [-0.1, -0.05) is 0 Å². The number of rotatable bonds is 15. The Morgan fingerprint density at radius 1 is 0.524 bits per heavy atom. The Labute approximate surface area is 239 Å². The lowest BCUT2D eigenvalue weighted by Gasteiger charge is -2.16. The second-order valence-electron chi connectivity index (χ2n) is 8.99. The van der Waals surface area contributed by atoms with Gasteiger partial charge in [-0.2, -0.15) is 0 Å². The molecular weight excluding hydrogens is 564 g/mol. The highest BCUT2D eigenvalue weighted by Gasteiger charge is 2.22. The number of ether oxygens (including phenoxy) is 3. The molecule has 42 heavy (non-hydrogen) atoms. The number of nitrogens with zero attached hydrogens (tertiary/aromatic N) is 3. The summed E-state index contributed by atoms with van der Waals surface area (Å²) in [6, 6.07) is -3.04. The molecule has 0 aliphatic carbocycles. The maximum Gasteiger partial charge on any atom is 0.336 e. The Kier molecular flexibility index (Phi) is 13.8. The van der Waals surface area contributed by atoms with Gasteiger partial charge in [-0.3, -0.25) is 14.4 Å². The van der Waals surface area contributed by atoms with Crippen molar-refractivity contribution in [3.8, 4) is 0 Å². The first-order chi connectivity index (χ1) is 19.7. The van der Waals surface area contributed by atoms with Crippen molar-refractivity contribution in [2.45, 2.75) is 77.8 Å². The number of carbonyl (C=O) groups is 6. The average Bonchev–Trinajstić information content (AvgIpc) is 2.95.